The van der Waals surface area contributed by atoms with Crippen molar-refractivity contribution in [1.29, 1.82) is 5.26 Å². The molecule has 0 atom stereocenters. The molecule has 1 rings (SSSR count). The summed E-state index contributed by atoms with van der Waals surface area (Å²) in [6.07, 6.45) is 3.98. The molecule has 0 aliphatic carbocycles. The molecule has 2 nitrogen and oxygen atoms in total. The van der Waals surface area contributed by atoms with Gasteiger partial charge in [-0.2, -0.15) is 5.26 Å². The fourth-order valence-corrected chi connectivity index (χ4v) is 1.99. The Morgan fingerprint density at radius 3 is 2.73 bits per heavy atom. The Morgan fingerprint density at radius 1 is 1.60 bits per heavy atom. The van der Waals surface area contributed by atoms with Gasteiger partial charge in [0.15, 0.2) is 0 Å². The first-order chi connectivity index (χ1) is 7.11. The van der Waals surface area contributed by atoms with Gasteiger partial charge in [-0.15, -0.1) is 0 Å². The van der Waals surface area contributed by atoms with E-state index in [2.05, 4.69) is 38.0 Å². The molecule has 0 unspecified atom stereocenters. The highest BCUT2D eigenvalue weighted by atomic mass is 15.2. The van der Waals surface area contributed by atoms with Crippen LogP contribution >= 0.6 is 0 Å². The summed E-state index contributed by atoms with van der Waals surface area (Å²) in [6, 6.07) is 2.55. The molecule has 0 spiro atoms. The van der Waals surface area contributed by atoms with Crippen molar-refractivity contribution in [2.75, 3.05) is 6.54 Å². The van der Waals surface area contributed by atoms with Crippen LogP contribution in [0.2, 0.25) is 0 Å². The molecule has 0 aromatic carbocycles. The van der Waals surface area contributed by atoms with Crippen molar-refractivity contribution in [1.82, 2.24) is 4.90 Å². The molecule has 0 saturated heterocycles. The lowest BCUT2D eigenvalue weighted by Gasteiger charge is -2.36. The molecular weight excluding hydrogens is 184 g/mol. The first kappa shape index (κ1) is 11.6. The molecule has 0 aromatic heterocycles. The minimum Gasteiger partial charge on any atom is -0.368 e. The summed E-state index contributed by atoms with van der Waals surface area (Å²) in [5, 5.41) is 8.96. The maximum atomic E-state index is 8.96. The topological polar surface area (TPSA) is 27.0 Å². The third-order valence-electron chi connectivity index (χ3n) is 2.73. The lowest BCUT2D eigenvalue weighted by Crippen LogP contribution is -2.35. The van der Waals surface area contributed by atoms with Crippen LogP contribution in [0.15, 0.2) is 36.1 Å². The van der Waals surface area contributed by atoms with Gasteiger partial charge >= 0.3 is 0 Å². The molecule has 1 aliphatic rings. The first-order valence-electron chi connectivity index (χ1n) is 5.33. The van der Waals surface area contributed by atoms with Crippen LogP contribution in [0, 0.1) is 11.3 Å². The van der Waals surface area contributed by atoms with E-state index in [9.17, 15) is 0 Å². The van der Waals surface area contributed by atoms with Crippen molar-refractivity contribution >= 4 is 0 Å². The molecule has 0 fully saturated rings. The summed E-state index contributed by atoms with van der Waals surface area (Å²) in [5.41, 5.74) is 2.70. The van der Waals surface area contributed by atoms with Crippen molar-refractivity contribution in [3.05, 3.63) is 36.1 Å². The van der Waals surface area contributed by atoms with Gasteiger partial charge in [-0.3, -0.25) is 0 Å². The van der Waals surface area contributed by atoms with Crippen LogP contribution < -0.4 is 0 Å². The molecule has 0 saturated carbocycles. The maximum absolute atomic E-state index is 8.96. The molecule has 80 valence electrons. The van der Waals surface area contributed by atoms with Crippen molar-refractivity contribution in [3.8, 4) is 6.07 Å². The zero-order valence-electron chi connectivity index (χ0n) is 9.58. The molecule has 2 heteroatoms. The second-order valence-corrected chi connectivity index (χ2v) is 4.06. The van der Waals surface area contributed by atoms with E-state index in [-0.39, 0.29) is 0 Å². The third kappa shape index (κ3) is 2.30. The molecule has 1 aliphatic heterocycles. The smallest absolute Gasteiger partial charge is 0.101 e. The molecule has 0 amide bonds. The molecule has 0 N–H and O–H groups in total. The van der Waals surface area contributed by atoms with E-state index in [0.717, 1.165) is 30.7 Å². The van der Waals surface area contributed by atoms with Gasteiger partial charge in [-0.1, -0.05) is 19.2 Å². The van der Waals surface area contributed by atoms with Crippen molar-refractivity contribution in [2.45, 2.75) is 32.7 Å². The standard InChI is InChI=1S/C13H18N2/c1-5-12-7-6-8-15(10(2)3)13(12)11(4)9-14/h5,10H,1,4,6-8H2,2-3H3. The Bertz CT molecular complexity index is 342. The minimum absolute atomic E-state index is 0.403. The van der Waals surface area contributed by atoms with Gasteiger partial charge in [0.1, 0.15) is 6.07 Å². The Balaban J connectivity index is 3.16. The second-order valence-electron chi connectivity index (χ2n) is 4.06. The summed E-state index contributed by atoms with van der Waals surface area (Å²) >= 11 is 0. The Kier molecular flexibility index (Phi) is 3.74. The monoisotopic (exact) mass is 202 g/mol. The van der Waals surface area contributed by atoms with E-state index in [4.69, 9.17) is 5.26 Å². The molecule has 1 heterocycles. The average molecular weight is 202 g/mol. The van der Waals surface area contributed by atoms with Gasteiger partial charge in [0.05, 0.1) is 11.3 Å². The normalized spacial score (nSPS) is 16.5. The SMILES string of the molecule is C=CC1=C(C(=C)C#N)N(C(C)C)CCC1. The number of hydrogen-bond donors (Lipinski definition) is 0. The zero-order valence-corrected chi connectivity index (χ0v) is 9.58. The summed E-state index contributed by atoms with van der Waals surface area (Å²) in [7, 11) is 0. The molecule has 0 aromatic rings. The highest BCUT2D eigenvalue weighted by Crippen LogP contribution is 2.29. The summed E-state index contributed by atoms with van der Waals surface area (Å²) in [5.74, 6) is 0. The summed E-state index contributed by atoms with van der Waals surface area (Å²) in [6.45, 7) is 12.9. The molecular formula is C13H18N2. The van der Waals surface area contributed by atoms with Crippen LogP contribution in [0.4, 0.5) is 0 Å². The highest BCUT2D eigenvalue weighted by Gasteiger charge is 2.22. The molecule has 0 bridgehead atoms. The van der Waals surface area contributed by atoms with Crippen LogP contribution in [-0.2, 0) is 0 Å². The van der Waals surface area contributed by atoms with Crippen molar-refractivity contribution in [3.63, 3.8) is 0 Å². The van der Waals surface area contributed by atoms with Gasteiger partial charge in [0.25, 0.3) is 0 Å². The average Bonchev–Trinajstić information content (AvgIpc) is 2.26. The van der Waals surface area contributed by atoms with E-state index in [1.165, 1.54) is 0 Å². The van der Waals surface area contributed by atoms with Gasteiger partial charge in [0, 0.05) is 12.6 Å². The summed E-state index contributed by atoms with van der Waals surface area (Å²) in [4.78, 5) is 2.24. The number of hydrogen-bond acceptors (Lipinski definition) is 2. The number of rotatable bonds is 3. The predicted octanol–water partition coefficient (Wildman–Crippen LogP) is 3.01. The lowest BCUT2D eigenvalue weighted by molar-refractivity contribution is 0.270. The number of allylic oxidation sites excluding steroid dienone is 3. The second kappa shape index (κ2) is 4.84. The quantitative estimate of drug-likeness (QED) is 0.658. The Labute approximate surface area is 92.2 Å². The molecule has 0 radical (unpaired) electrons. The van der Waals surface area contributed by atoms with Crippen LogP contribution in [0.3, 0.4) is 0 Å². The van der Waals surface area contributed by atoms with E-state index in [1.807, 2.05) is 6.08 Å². The highest BCUT2D eigenvalue weighted by molar-refractivity contribution is 5.45. The molecule has 15 heavy (non-hydrogen) atoms. The zero-order chi connectivity index (χ0) is 11.4. The van der Waals surface area contributed by atoms with Crippen molar-refractivity contribution < 1.29 is 0 Å². The van der Waals surface area contributed by atoms with Gasteiger partial charge in [0.2, 0.25) is 0 Å². The number of nitrogens with zero attached hydrogens (tertiary/aromatic N) is 2. The van der Waals surface area contributed by atoms with Gasteiger partial charge in [-0.25, -0.2) is 0 Å². The van der Waals surface area contributed by atoms with Crippen LogP contribution in [0.25, 0.3) is 0 Å². The van der Waals surface area contributed by atoms with Gasteiger partial charge < -0.3 is 4.90 Å². The lowest BCUT2D eigenvalue weighted by atomic mass is 9.97. The number of nitriles is 1. The third-order valence-corrected chi connectivity index (χ3v) is 2.73. The van der Waals surface area contributed by atoms with Crippen LogP contribution in [0.1, 0.15) is 26.7 Å². The Morgan fingerprint density at radius 2 is 2.27 bits per heavy atom. The fourth-order valence-electron chi connectivity index (χ4n) is 1.99. The largest absolute Gasteiger partial charge is 0.368 e. The predicted molar refractivity (Wildman–Crippen MR) is 63.1 cm³/mol. The first-order valence-corrected chi connectivity index (χ1v) is 5.33. The van der Waals surface area contributed by atoms with Crippen molar-refractivity contribution in [2.24, 2.45) is 0 Å². The Hall–Kier alpha value is -1.49. The maximum Gasteiger partial charge on any atom is 0.101 e. The van der Waals surface area contributed by atoms with Gasteiger partial charge in [-0.05, 0) is 32.3 Å². The summed E-state index contributed by atoms with van der Waals surface area (Å²) < 4.78 is 0. The van der Waals surface area contributed by atoms with Crippen LogP contribution in [0.5, 0.6) is 0 Å². The van der Waals surface area contributed by atoms with Crippen LogP contribution in [-0.4, -0.2) is 17.5 Å². The minimum atomic E-state index is 0.403. The van der Waals surface area contributed by atoms with E-state index >= 15 is 0 Å². The fraction of sp³-hybridized carbons (Fsp3) is 0.462. The van der Waals surface area contributed by atoms with E-state index < -0.39 is 0 Å². The van der Waals surface area contributed by atoms with E-state index in [0.29, 0.717) is 11.6 Å². The van der Waals surface area contributed by atoms with E-state index in [1.54, 1.807) is 0 Å².